The lowest BCUT2D eigenvalue weighted by atomic mass is 10.1. The Kier molecular flexibility index (Phi) is 9.61. The third-order valence-electron chi connectivity index (χ3n) is 5.76. The van der Waals surface area contributed by atoms with E-state index in [9.17, 15) is 35.2 Å². The number of sulfone groups is 1. The van der Waals surface area contributed by atoms with E-state index >= 15 is 0 Å². The van der Waals surface area contributed by atoms with Gasteiger partial charge in [-0.2, -0.15) is 13.2 Å². The minimum atomic E-state index is -4.47. The molecule has 38 heavy (non-hydrogen) atoms. The molecule has 0 saturated heterocycles. The molecule has 11 heteroatoms. The van der Waals surface area contributed by atoms with Gasteiger partial charge in [-0.3, -0.25) is 9.69 Å². The van der Waals surface area contributed by atoms with E-state index in [1.807, 2.05) is 4.90 Å². The average Bonchev–Trinajstić information content (AvgIpc) is 2.84. The van der Waals surface area contributed by atoms with Crippen LogP contribution in [0.5, 0.6) is 5.75 Å². The Hall–Kier alpha value is -3.31. The summed E-state index contributed by atoms with van der Waals surface area (Å²) in [5.74, 6) is -1.46. The van der Waals surface area contributed by atoms with E-state index in [-0.39, 0.29) is 31.0 Å². The van der Waals surface area contributed by atoms with Crippen LogP contribution in [0.4, 0.5) is 22.0 Å². The van der Waals surface area contributed by atoms with Crippen molar-refractivity contribution >= 4 is 16.1 Å². The van der Waals surface area contributed by atoms with Crippen molar-refractivity contribution in [3.05, 3.63) is 94.6 Å². The lowest BCUT2D eigenvalue weighted by molar-refractivity contribution is -0.137. The number of carbonyl (C=O) groups excluding carboxylic acids is 1. The van der Waals surface area contributed by atoms with Gasteiger partial charge in [0.25, 0.3) is 0 Å². The second-order valence-corrected chi connectivity index (χ2v) is 10.7. The zero-order valence-electron chi connectivity index (χ0n) is 20.5. The van der Waals surface area contributed by atoms with Crippen LogP contribution >= 0.6 is 0 Å². The predicted molar refractivity (Wildman–Crippen MR) is 132 cm³/mol. The normalized spacial score (nSPS) is 12.1. The minimum Gasteiger partial charge on any atom is -0.493 e. The van der Waals surface area contributed by atoms with Gasteiger partial charge in [-0.25, -0.2) is 17.2 Å². The zero-order chi connectivity index (χ0) is 27.9. The standard InChI is InChI=1S/C27H26F5NO4S/c1-38(35,36)26-16-23(15-25(29)24(26)18-34)37-13-3-11-33(12-10-19-6-8-22(28)9-7-19)17-20-4-2-5-21(14-20)27(30,31)32/h2,4-9,14-16,18H,3,10-13,17H2,1H3. The van der Waals surface area contributed by atoms with Crippen molar-refractivity contribution in [2.24, 2.45) is 0 Å². The number of hydrogen-bond donors (Lipinski definition) is 0. The van der Waals surface area contributed by atoms with Gasteiger partial charge < -0.3 is 4.74 Å². The number of halogens is 5. The first-order chi connectivity index (χ1) is 17.9. The monoisotopic (exact) mass is 555 g/mol. The molecular weight excluding hydrogens is 529 g/mol. The molecule has 0 heterocycles. The third kappa shape index (κ3) is 8.35. The van der Waals surface area contributed by atoms with Crippen LogP contribution < -0.4 is 4.74 Å². The fourth-order valence-electron chi connectivity index (χ4n) is 3.86. The first-order valence-corrected chi connectivity index (χ1v) is 13.5. The van der Waals surface area contributed by atoms with Gasteiger partial charge in [0.15, 0.2) is 16.1 Å². The number of alkyl halides is 3. The zero-order valence-corrected chi connectivity index (χ0v) is 21.3. The Morgan fingerprint density at radius 3 is 2.29 bits per heavy atom. The highest BCUT2D eigenvalue weighted by atomic mass is 32.2. The molecule has 3 aromatic rings. The van der Waals surface area contributed by atoms with Crippen molar-refractivity contribution in [1.29, 1.82) is 0 Å². The molecule has 0 fully saturated rings. The molecule has 0 spiro atoms. The van der Waals surface area contributed by atoms with E-state index in [1.54, 1.807) is 18.2 Å². The van der Waals surface area contributed by atoms with E-state index in [0.717, 1.165) is 36.1 Å². The lowest BCUT2D eigenvalue weighted by Gasteiger charge is -2.23. The SMILES string of the molecule is CS(=O)(=O)c1cc(OCCCN(CCc2ccc(F)cc2)Cc2cccc(C(F)(F)F)c2)cc(F)c1C=O. The maximum absolute atomic E-state index is 14.2. The van der Waals surface area contributed by atoms with Crippen molar-refractivity contribution in [1.82, 2.24) is 4.90 Å². The number of nitrogens with zero attached hydrogens (tertiary/aromatic N) is 1. The molecule has 3 rings (SSSR count). The largest absolute Gasteiger partial charge is 0.493 e. The number of ether oxygens (including phenoxy) is 1. The van der Waals surface area contributed by atoms with Crippen LogP contribution in [0.25, 0.3) is 0 Å². The Labute approximate surface area is 217 Å². The third-order valence-corrected chi connectivity index (χ3v) is 6.90. The van der Waals surface area contributed by atoms with Crippen molar-refractivity contribution in [2.45, 2.75) is 30.5 Å². The molecule has 0 amide bonds. The lowest BCUT2D eigenvalue weighted by Crippen LogP contribution is -2.28. The van der Waals surface area contributed by atoms with Gasteiger partial charge in [0.1, 0.15) is 17.4 Å². The van der Waals surface area contributed by atoms with Crippen LogP contribution in [-0.4, -0.2) is 45.6 Å². The molecule has 0 aromatic heterocycles. The molecule has 3 aromatic carbocycles. The summed E-state index contributed by atoms with van der Waals surface area (Å²) in [5, 5.41) is 0. The van der Waals surface area contributed by atoms with Crippen LogP contribution in [-0.2, 0) is 29.0 Å². The molecule has 0 aliphatic rings. The van der Waals surface area contributed by atoms with Crippen LogP contribution in [0.15, 0.2) is 65.6 Å². The van der Waals surface area contributed by atoms with Crippen molar-refractivity contribution in [3.63, 3.8) is 0 Å². The van der Waals surface area contributed by atoms with E-state index in [1.165, 1.54) is 18.2 Å². The summed E-state index contributed by atoms with van der Waals surface area (Å²) in [5.41, 5.74) is -0.00731. The van der Waals surface area contributed by atoms with Gasteiger partial charge in [0.05, 0.1) is 22.6 Å². The number of carbonyl (C=O) groups is 1. The molecule has 0 aliphatic heterocycles. The fourth-order valence-corrected chi connectivity index (χ4v) is 4.74. The molecule has 204 valence electrons. The summed E-state index contributed by atoms with van der Waals surface area (Å²) in [4.78, 5) is 12.6. The second kappa shape index (κ2) is 12.5. The van der Waals surface area contributed by atoms with Gasteiger partial charge in [-0.15, -0.1) is 0 Å². The van der Waals surface area contributed by atoms with Crippen LogP contribution in [0.3, 0.4) is 0 Å². The summed E-state index contributed by atoms with van der Waals surface area (Å²) in [6, 6.07) is 13.0. The van der Waals surface area contributed by atoms with Crippen molar-refractivity contribution < 1.29 is 39.9 Å². The molecule has 0 atom stereocenters. The molecular formula is C27H26F5NO4S. The van der Waals surface area contributed by atoms with E-state index < -0.39 is 37.9 Å². The molecule has 0 saturated carbocycles. The highest BCUT2D eigenvalue weighted by Gasteiger charge is 2.30. The smallest absolute Gasteiger partial charge is 0.416 e. The maximum Gasteiger partial charge on any atom is 0.416 e. The molecule has 0 radical (unpaired) electrons. The van der Waals surface area contributed by atoms with E-state index in [2.05, 4.69) is 0 Å². The van der Waals surface area contributed by atoms with E-state index in [4.69, 9.17) is 4.74 Å². The predicted octanol–water partition coefficient (Wildman–Crippen LogP) is 5.71. The summed E-state index contributed by atoms with van der Waals surface area (Å²) in [7, 11) is -3.88. The topological polar surface area (TPSA) is 63.7 Å². The van der Waals surface area contributed by atoms with Gasteiger partial charge in [-0.1, -0.05) is 30.3 Å². The quantitative estimate of drug-likeness (QED) is 0.163. The van der Waals surface area contributed by atoms with E-state index in [0.29, 0.717) is 31.5 Å². The maximum atomic E-state index is 14.2. The first kappa shape index (κ1) is 29.2. The summed E-state index contributed by atoms with van der Waals surface area (Å²) >= 11 is 0. The van der Waals surface area contributed by atoms with Gasteiger partial charge in [0.2, 0.25) is 0 Å². The van der Waals surface area contributed by atoms with Crippen LogP contribution in [0.2, 0.25) is 0 Å². The van der Waals surface area contributed by atoms with Gasteiger partial charge in [0, 0.05) is 32.0 Å². The number of hydrogen-bond acceptors (Lipinski definition) is 5. The molecule has 0 unspecified atom stereocenters. The minimum absolute atomic E-state index is 0.0543. The molecule has 0 N–H and O–H groups in total. The number of benzene rings is 3. The highest BCUT2D eigenvalue weighted by Crippen LogP contribution is 2.30. The van der Waals surface area contributed by atoms with Crippen molar-refractivity contribution in [2.75, 3.05) is 26.0 Å². The summed E-state index contributed by atoms with van der Waals surface area (Å²) in [6.45, 7) is 1.12. The Bertz CT molecular complexity index is 1360. The van der Waals surface area contributed by atoms with Crippen molar-refractivity contribution in [3.8, 4) is 5.75 Å². The number of rotatable bonds is 12. The Balaban J connectivity index is 1.69. The second-order valence-electron chi connectivity index (χ2n) is 8.76. The average molecular weight is 556 g/mol. The molecule has 5 nitrogen and oxygen atoms in total. The Morgan fingerprint density at radius 1 is 0.947 bits per heavy atom. The van der Waals surface area contributed by atoms with Gasteiger partial charge >= 0.3 is 6.18 Å². The summed E-state index contributed by atoms with van der Waals surface area (Å²) < 4.78 is 96.3. The van der Waals surface area contributed by atoms with Crippen LogP contribution in [0.1, 0.15) is 33.5 Å². The summed E-state index contributed by atoms with van der Waals surface area (Å²) in [6.07, 6.45) is -2.58. The highest BCUT2D eigenvalue weighted by molar-refractivity contribution is 7.90. The first-order valence-electron chi connectivity index (χ1n) is 11.6. The fraction of sp³-hybridized carbons (Fsp3) is 0.296. The Morgan fingerprint density at radius 2 is 1.66 bits per heavy atom. The molecule has 0 bridgehead atoms. The van der Waals surface area contributed by atoms with Crippen LogP contribution in [0, 0.1) is 11.6 Å². The molecule has 0 aliphatic carbocycles. The van der Waals surface area contributed by atoms with Gasteiger partial charge in [-0.05, 0) is 48.2 Å². The number of aldehydes is 1.